The Morgan fingerprint density at radius 2 is 1.40 bits per heavy atom. The van der Waals surface area contributed by atoms with Crippen LogP contribution in [0.3, 0.4) is 0 Å². The van der Waals surface area contributed by atoms with Crippen molar-refractivity contribution >= 4 is 11.9 Å². The average Bonchev–Trinajstić information content (AvgIpc) is 2.18. The molecule has 0 aromatic rings. The summed E-state index contributed by atoms with van der Waals surface area (Å²) in [6.07, 6.45) is -0.311. The molecule has 0 fully saturated rings. The number of esters is 2. The van der Waals surface area contributed by atoms with Crippen LogP contribution < -0.4 is 0 Å². The highest BCUT2D eigenvalue weighted by molar-refractivity contribution is 5.85. The number of hydrogen-bond acceptors (Lipinski definition) is 5. The van der Waals surface area contributed by atoms with Crippen LogP contribution in [-0.2, 0) is 14.3 Å². The first-order valence-electron chi connectivity index (χ1n) is 3.96. The van der Waals surface area contributed by atoms with Crippen molar-refractivity contribution in [1.29, 1.82) is 0 Å². The Bertz CT molecular complexity index is 296. The van der Waals surface area contributed by atoms with Crippen LogP contribution in [0, 0.1) is 0 Å². The van der Waals surface area contributed by atoms with Gasteiger partial charge in [-0.3, -0.25) is 9.59 Å². The predicted molar refractivity (Wildman–Crippen MR) is 48.4 cm³/mol. The molecule has 0 spiro atoms. The zero-order valence-corrected chi connectivity index (χ0v) is 7.74. The number of nitrogens with zero attached hydrogens (tertiary/aromatic N) is 6. The number of carbonyl (C=O) groups is 2. The Balaban J connectivity index is 3.70. The zero-order valence-electron chi connectivity index (χ0n) is 7.74. The van der Waals surface area contributed by atoms with E-state index in [9.17, 15) is 9.59 Å². The summed E-state index contributed by atoms with van der Waals surface area (Å²) in [7, 11) is 0. The Kier molecular flexibility index (Phi) is 7.11. The lowest BCUT2D eigenvalue weighted by molar-refractivity contribution is -0.159. The highest BCUT2D eigenvalue weighted by atomic mass is 16.6. The Morgan fingerprint density at radius 1 is 1.00 bits per heavy atom. The fourth-order valence-electron chi connectivity index (χ4n) is 0.601. The first kappa shape index (κ1) is 12.8. The van der Waals surface area contributed by atoms with Gasteiger partial charge in [-0.1, -0.05) is 10.2 Å². The summed E-state index contributed by atoms with van der Waals surface area (Å²) in [6, 6.07) is 0. The quantitative estimate of drug-likeness (QED) is 0.216. The molecule has 0 aliphatic heterocycles. The first-order valence-corrected chi connectivity index (χ1v) is 3.96. The summed E-state index contributed by atoms with van der Waals surface area (Å²) in [5, 5.41) is 6.19. The molecule has 0 N–H and O–H groups in total. The van der Waals surface area contributed by atoms with Crippen molar-refractivity contribution in [2.75, 3.05) is 13.1 Å². The second-order valence-electron chi connectivity index (χ2n) is 2.26. The summed E-state index contributed by atoms with van der Waals surface area (Å²) in [5.74, 6) is -1.54. The van der Waals surface area contributed by atoms with E-state index in [1.165, 1.54) is 0 Å². The van der Waals surface area contributed by atoms with E-state index in [4.69, 9.17) is 11.1 Å². The van der Waals surface area contributed by atoms with Crippen molar-refractivity contribution < 1.29 is 14.3 Å². The van der Waals surface area contributed by atoms with Gasteiger partial charge in [-0.15, -0.1) is 0 Å². The molecule has 0 saturated heterocycles. The smallest absolute Gasteiger partial charge is 0.313 e. The number of carbonyl (C=O) groups excluding carboxylic acids is 2. The molecule has 0 aromatic carbocycles. The molecule has 0 aliphatic carbocycles. The molecule has 0 aromatic heterocycles. The van der Waals surface area contributed by atoms with Gasteiger partial charge in [0.25, 0.3) is 0 Å². The lowest BCUT2D eigenvalue weighted by Crippen LogP contribution is -2.13. The molecular weight excluding hydrogens is 204 g/mol. The predicted octanol–water partition coefficient (Wildman–Crippen LogP) is 1.46. The lowest BCUT2D eigenvalue weighted by atomic mass is 10.4. The third-order valence-corrected chi connectivity index (χ3v) is 1.19. The molecule has 0 atom stereocenters. The fourth-order valence-corrected chi connectivity index (χ4v) is 0.601. The number of rotatable bonds is 6. The number of ether oxygens (including phenoxy) is 1. The first-order chi connectivity index (χ1) is 7.20. The fraction of sp³-hybridized carbons (Fsp3) is 0.667. The second-order valence-corrected chi connectivity index (χ2v) is 2.26. The summed E-state index contributed by atoms with van der Waals surface area (Å²) in [6.45, 7) is -0.113. The summed E-state index contributed by atoms with van der Waals surface area (Å²) in [4.78, 5) is 26.5. The van der Waals surface area contributed by atoms with Crippen molar-refractivity contribution in [1.82, 2.24) is 0 Å². The average molecular weight is 212 g/mol. The highest BCUT2D eigenvalue weighted by Gasteiger charge is 2.08. The normalized spacial score (nSPS) is 8.27. The van der Waals surface area contributed by atoms with Gasteiger partial charge in [-0.2, -0.15) is 0 Å². The minimum atomic E-state index is -0.770. The molecule has 0 heterocycles. The van der Waals surface area contributed by atoms with Gasteiger partial charge in [0.1, 0.15) is 0 Å². The molecule has 0 radical (unpaired) electrons. The van der Waals surface area contributed by atoms with Crippen LogP contribution in [-0.4, -0.2) is 25.0 Å². The molecule has 0 bridgehead atoms. The SMILES string of the molecule is [N-]=[N+]=NCCC(=O)OC(=O)CCN=[N+]=[N-]. The van der Waals surface area contributed by atoms with Crippen molar-refractivity contribution in [3.63, 3.8) is 0 Å². The molecule has 80 valence electrons. The lowest BCUT2D eigenvalue weighted by Gasteiger charge is -1.99. The summed E-state index contributed by atoms with van der Waals surface area (Å²) >= 11 is 0. The van der Waals surface area contributed by atoms with E-state index in [0.717, 1.165) is 0 Å². The van der Waals surface area contributed by atoms with Gasteiger partial charge >= 0.3 is 11.9 Å². The Morgan fingerprint density at radius 3 is 1.73 bits per heavy atom. The molecule has 0 rings (SSSR count). The van der Waals surface area contributed by atoms with E-state index >= 15 is 0 Å². The van der Waals surface area contributed by atoms with Crippen LogP contribution in [0.1, 0.15) is 12.8 Å². The van der Waals surface area contributed by atoms with Gasteiger partial charge in [0.2, 0.25) is 0 Å². The van der Waals surface area contributed by atoms with Crippen molar-refractivity contribution in [3.05, 3.63) is 20.9 Å². The van der Waals surface area contributed by atoms with Crippen LogP contribution >= 0.6 is 0 Å². The monoisotopic (exact) mass is 212 g/mol. The highest BCUT2D eigenvalue weighted by Crippen LogP contribution is 1.93. The maximum atomic E-state index is 10.8. The molecule has 9 nitrogen and oxygen atoms in total. The van der Waals surface area contributed by atoms with Gasteiger partial charge < -0.3 is 4.74 Å². The Hall–Kier alpha value is -2.24. The number of hydrogen-bond donors (Lipinski definition) is 0. The molecule has 0 unspecified atom stereocenters. The van der Waals surface area contributed by atoms with Crippen LogP contribution in [0.25, 0.3) is 20.9 Å². The third kappa shape index (κ3) is 8.10. The standard InChI is InChI=1S/C6H8N6O3/c7-11-9-3-1-5(13)15-6(14)2-4-10-12-8/h1-4H2. The van der Waals surface area contributed by atoms with Crippen LogP contribution in [0.4, 0.5) is 0 Å². The molecule has 9 heteroatoms. The molecule has 0 aliphatic rings. The minimum Gasteiger partial charge on any atom is -0.393 e. The molecule has 15 heavy (non-hydrogen) atoms. The third-order valence-electron chi connectivity index (χ3n) is 1.19. The van der Waals surface area contributed by atoms with E-state index in [-0.39, 0.29) is 25.9 Å². The van der Waals surface area contributed by atoms with E-state index in [2.05, 4.69) is 24.8 Å². The van der Waals surface area contributed by atoms with Crippen LogP contribution in [0.5, 0.6) is 0 Å². The molecule has 0 amide bonds. The summed E-state index contributed by atoms with van der Waals surface area (Å²) < 4.78 is 4.30. The Labute approximate surface area is 84.3 Å². The van der Waals surface area contributed by atoms with Crippen molar-refractivity contribution in [3.8, 4) is 0 Å². The minimum absolute atomic E-state index is 0.0566. The van der Waals surface area contributed by atoms with E-state index in [1.807, 2.05) is 0 Å². The maximum absolute atomic E-state index is 10.8. The van der Waals surface area contributed by atoms with Crippen molar-refractivity contribution in [2.24, 2.45) is 10.2 Å². The molecular formula is C6H8N6O3. The topological polar surface area (TPSA) is 141 Å². The largest absolute Gasteiger partial charge is 0.393 e. The summed E-state index contributed by atoms with van der Waals surface area (Å²) in [5.41, 5.74) is 15.8. The van der Waals surface area contributed by atoms with Gasteiger partial charge in [-0.25, -0.2) is 0 Å². The van der Waals surface area contributed by atoms with Gasteiger partial charge in [0.05, 0.1) is 12.8 Å². The van der Waals surface area contributed by atoms with E-state index in [1.54, 1.807) is 0 Å². The van der Waals surface area contributed by atoms with Crippen molar-refractivity contribution in [2.45, 2.75) is 12.8 Å². The maximum Gasteiger partial charge on any atom is 0.313 e. The number of azide groups is 2. The van der Waals surface area contributed by atoms with Gasteiger partial charge in [-0.05, 0) is 11.1 Å². The van der Waals surface area contributed by atoms with E-state index in [0.29, 0.717) is 0 Å². The van der Waals surface area contributed by atoms with Crippen LogP contribution in [0.15, 0.2) is 10.2 Å². The second kappa shape index (κ2) is 8.36. The van der Waals surface area contributed by atoms with Crippen LogP contribution in [0.2, 0.25) is 0 Å². The van der Waals surface area contributed by atoms with E-state index < -0.39 is 11.9 Å². The molecule has 0 saturated carbocycles. The van der Waals surface area contributed by atoms with Gasteiger partial charge in [0.15, 0.2) is 0 Å². The zero-order chi connectivity index (χ0) is 11.5. The van der Waals surface area contributed by atoms with Gasteiger partial charge in [0, 0.05) is 22.9 Å².